The average molecular weight is 473 g/mol. The van der Waals surface area contributed by atoms with Gasteiger partial charge >= 0.3 is 0 Å². The van der Waals surface area contributed by atoms with Crippen molar-refractivity contribution in [2.75, 3.05) is 25.1 Å². The Morgan fingerprint density at radius 2 is 1.71 bits per heavy atom. The summed E-state index contributed by atoms with van der Waals surface area (Å²) < 4.78 is 13.1. The second-order valence-corrected chi connectivity index (χ2v) is 7.88. The predicted octanol–water partition coefficient (Wildman–Crippen LogP) is 4.48. The van der Waals surface area contributed by atoms with E-state index >= 15 is 0 Å². The normalized spacial score (nSPS) is 10.7. The summed E-state index contributed by atoms with van der Waals surface area (Å²) in [6.07, 6.45) is 3.94. The first kappa shape index (κ1) is 23.8. The third-order valence-corrected chi connectivity index (χ3v) is 5.36. The number of anilines is 1. The molecule has 2 amide bonds. The largest absolute Gasteiger partial charge is 0.490 e. The van der Waals surface area contributed by atoms with Gasteiger partial charge in [0.15, 0.2) is 11.5 Å². The van der Waals surface area contributed by atoms with Crippen molar-refractivity contribution in [2.24, 2.45) is 0 Å². The molecule has 2 N–H and O–H groups in total. The number of hydrogen-bond donors (Lipinski definition) is 2. The van der Waals surface area contributed by atoms with E-state index in [-0.39, 0.29) is 18.4 Å². The summed E-state index contributed by atoms with van der Waals surface area (Å²) >= 11 is 0. The van der Waals surface area contributed by atoms with Crippen LogP contribution in [0.3, 0.4) is 0 Å². The fourth-order valence-corrected chi connectivity index (χ4v) is 3.68. The summed E-state index contributed by atoms with van der Waals surface area (Å²) in [5.74, 6) is 0.366. The third kappa shape index (κ3) is 5.60. The van der Waals surface area contributed by atoms with Gasteiger partial charge in [-0.15, -0.1) is 0 Å². The van der Waals surface area contributed by atoms with Crippen LogP contribution < -0.4 is 20.1 Å². The highest BCUT2D eigenvalue weighted by atomic mass is 16.5. The summed E-state index contributed by atoms with van der Waals surface area (Å²) in [6, 6.07) is 16.4. The molecule has 4 aromatic rings. The summed E-state index contributed by atoms with van der Waals surface area (Å²) in [5, 5.41) is 5.43. The maximum absolute atomic E-state index is 12.5. The highest BCUT2D eigenvalue weighted by Gasteiger charge is 2.13. The second-order valence-electron chi connectivity index (χ2n) is 7.88. The number of pyridine rings is 1. The number of imidazole rings is 1. The molecule has 2 aromatic heterocycles. The van der Waals surface area contributed by atoms with Crippen molar-refractivity contribution >= 4 is 23.1 Å². The lowest BCUT2D eigenvalue weighted by molar-refractivity contribution is -0.115. The number of amides is 2. The van der Waals surface area contributed by atoms with Gasteiger partial charge in [-0.25, -0.2) is 4.98 Å². The van der Waals surface area contributed by atoms with Gasteiger partial charge in [0.2, 0.25) is 5.91 Å². The van der Waals surface area contributed by atoms with Gasteiger partial charge in [-0.2, -0.15) is 0 Å². The molecule has 4 rings (SSSR count). The lowest BCUT2D eigenvalue weighted by Gasteiger charge is -2.12. The number of carbonyl (C=O) groups is 2. The number of ether oxygens (including phenoxy) is 2. The number of hydrogen-bond acceptors (Lipinski definition) is 5. The lowest BCUT2D eigenvalue weighted by atomic mass is 10.1. The van der Waals surface area contributed by atoms with Gasteiger partial charge in [0.1, 0.15) is 5.65 Å². The Morgan fingerprint density at radius 3 is 2.43 bits per heavy atom. The van der Waals surface area contributed by atoms with Gasteiger partial charge in [0.05, 0.1) is 25.5 Å². The predicted molar refractivity (Wildman–Crippen MR) is 135 cm³/mol. The number of carbonyl (C=O) groups excluding carboxylic acids is 2. The summed E-state index contributed by atoms with van der Waals surface area (Å²) in [6.45, 7) is 6.54. The van der Waals surface area contributed by atoms with Crippen LogP contribution in [0.4, 0.5) is 5.69 Å². The lowest BCUT2D eigenvalue weighted by Crippen LogP contribution is -2.32. The molecule has 0 aliphatic rings. The molecule has 8 nitrogen and oxygen atoms in total. The molecule has 0 aliphatic carbocycles. The van der Waals surface area contributed by atoms with Gasteiger partial charge in [-0.05, 0) is 62.7 Å². The van der Waals surface area contributed by atoms with Crippen molar-refractivity contribution < 1.29 is 19.1 Å². The number of fused-ring (bicyclic) bond motifs is 1. The smallest absolute Gasteiger partial charge is 0.251 e. The number of aryl methyl sites for hydroxylation is 1. The van der Waals surface area contributed by atoms with Crippen LogP contribution in [0.25, 0.3) is 16.9 Å². The zero-order chi connectivity index (χ0) is 24.8. The number of nitrogens with zero attached hydrogens (tertiary/aromatic N) is 2. The molecule has 2 aromatic carbocycles. The monoisotopic (exact) mass is 472 g/mol. The number of aromatic nitrogens is 2. The van der Waals surface area contributed by atoms with Crippen molar-refractivity contribution in [1.82, 2.24) is 14.7 Å². The van der Waals surface area contributed by atoms with Crippen LogP contribution in [0, 0.1) is 6.92 Å². The molecule has 0 radical (unpaired) electrons. The Morgan fingerprint density at radius 1 is 0.971 bits per heavy atom. The molecular formula is C27H28N4O4. The zero-order valence-electron chi connectivity index (χ0n) is 20.0. The van der Waals surface area contributed by atoms with Crippen molar-refractivity contribution in [3.8, 4) is 22.8 Å². The molecule has 0 atom stereocenters. The standard InChI is InChI=1S/C27H28N4O4/c1-4-34-23-13-10-20(15-24(23)35-5-2)27(33)28-16-25(32)29-21-11-8-19(9-12-21)22-17-31-14-6-7-18(3)26(31)30-22/h6-15,17H,4-5,16H2,1-3H3,(H,28,33)(H,29,32). The van der Waals surface area contributed by atoms with Crippen LogP contribution in [0.2, 0.25) is 0 Å². The number of rotatable bonds is 9. The van der Waals surface area contributed by atoms with Crippen molar-refractivity contribution in [3.63, 3.8) is 0 Å². The van der Waals surface area contributed by atoms with E-state index in [4.69, 9.17) is 14.5 Å². The Bertz CT molecular complexity index is 1350. The number of benzene rings is 2. The topological polar surface area (TPSA) is 94.0 Å². The maximum Gasteiger partial charge on any atom is 0.251 e. The van der Waals surface area contributed by atoms with Gasteiger partial charge < -0.3 is 24.5 Å². The van der Waals surface area contributed by atoms with Gasteiger partial charge in [-0.1, -0.05) is 18.2 Å². The van der Waals surface area contributed by atoms with E-state index in [1.165, 1.54) is 0 Å². The zero-order valence-corrected chi connectivity index (χ0v) is 20.0. The van der Waals surface area contributed by atoms with Crippen LogP contribution in [0.1, 0.15) is 29.8 Å². The fraction of sp³-hybridized carbons (Fsp3) is 0.222. The van der Waals surface area contributed by atoms with Gasteiger partial charge in [0, 0.05) is 29.2 Å². The quantitative estimate of drug-likeness (QED) is 0.375. The first-order valence-corrected chi connectivity index (χ1v) is 11.5. The molecule has 0 spiro atoms. The first-order chi connectivity index (χ1) is 17.0. The van der Waals surface area contributed by atoms with Gasteiger partial charge in [0.25, 0.3) is 5.91 Å². The summed E-state index contributed by atoms with van der Waals surface area (Å²) in [5.41, 5.74) is 4.83. The molecular weight excluding hydrogens is 444 g/mol. The van der Waals surface area contributed by atoms with E-state index in [0.29, 0.717) is 36.0 Å². The minimum atomic E-state index is -0.373. The van der Waals surface area contributed by atoms with Crippen LogP contribution in [-0.2, 0) is 4.79 Å². The highest BCUT2D eigenvalue weighted by molar-refractivity contribution is 5.99. The van der Waals surface area contributed by atoms with Gasteiger partial charge in [-0.3, -0.25) is 9.59 Å². The third-order valence-electron chi connectivity index (χ3n) is 5.36. The molecule has 0 fully saturated rings. The average Bonchev–Trinajstić information content (AvgIpc) is 3.30. The van der Waals surface area contributed by atoms with Crippen molar-refractivity contribution in [2.45, 2.75) is 20.8 Å². The molecule has 0 saturated heterocycles. The second kappa shape index (κ2) is 10.7. The highest BCUT2D eigenvalue weighted by Crippen LogP contribution is 2.28. The fourth-order valence-electron chi connectivity index (χ4n) is 3.68. The van der Waals surface area contributed by atoms with E-state index < -0.39 is 0 Å². The van der Waals surface area contributed by atoms with E-state index in [0.717, 1.165) is 22.5 Å². The van der Waals surface area contributed by atoms with Crippen LogP contribution in [-0.4, -0.2) is 41.0 Å². The minimum absolute atomic E-state index is 0.163. The molecule has 8 heteroatoms. The van der Waals surface area contributed by atoms with Crippen LogP contribution in [0.15, 0.2) is 67.0 Å². The molecule has 0 bridgehead atoms. The van der Waals surface area contributed by atoms with Crippen LogP contribution in [0.5, 0.6) is 11.5 Å². The molecule has 2 heterocycles. The summed E-state index contributed by atoms with van der Waals surface area (Å²) in [4.78, 5) is 29.6. The maximum atomic E-state index is 12.5. The SMILES string of the molecule is CCOc1ccc(C(=O)NCC(=O)Nc2ccc(-c3cn4cccc(C)c4n3)cc2)cc1OCC. The summed E-state index contributed by atoms with van der Waals surface area (Å²) in [7, 11) is 0. The molecule has 0 saturated carbocycles. The molecule has 180 valence electrons. The minimum Gasteiger partial charge on any atom is -0.490 e. The Kier molecular flexibility index (Phi) is 7.30. The Hall–Kier alpha value is -4.33. The van der Waals surface area contributed by atoms with E-state index in [2.05, 4.69) is 10.6 Å². The first-order valence-electron chi connectivity index (χ1n) is 11.5. The van der Waals surface area contributed by atoms with E-state index in [9.17, 15) is 9.59 Å². The van der Waals surface area contributed by atoms with Crippen LogP contribution >= 0.6 is 0 Å². The Labute approximate surface area is 203 Å². The van der Waals surface area contributed by atoms with E-state index in [1.807, 2.05) is 74.0 Å². The molecule has 0 unspecified atom stereocenters. The van der Waals surface area contributed by atoms with Crippen molar-refractivity contribution in [1.29, 1.82) is 0 Å². The number of nitrogens with one attached hydrogen (secondary N) is 2. The molecule has 0 aliphatic heterocycles. The van der Waals surface area contributed by atoms with Crippen molar-refractivity contribution in [3.05, 3.63) is 78.1 Å². The van der Waals surface area contributed by atoms with E-state index in [1.54, 1.807) is 18.2 Å². The Balaban J connectivity index is 1.35. The molecule has 35 heavy (non-hydrogen) atoms.